The van der Waals surface area contributed by atoms with E-state index in [9.17, 15) is 0 Å². The minimum absolute atomic E-state index is 0.0420. The molecule has 4 heterocycles. The fraction of sp³-hybridized carbons (Fsp3) is 0.300. The number of nitrogens with zero attached hydrogens (tertiary/aromatic N) is 2. The van der Waals surface area contributed by atoms with E-state index in [1.54, 1.807) is 13.2 Å². The molecular weight excluding hydrogens is 398 g/mol. The molecule has 28 heavy (non-hydrogen) atoms. The van der Waals surface area contributed by atoms with Gasteiger partial charge in [0, 0.05) is 23.7 Å². The third-order valence-corrected chi connectivity index (χ3v) is 5.88. The van der Waals surface area contributed by atoms with Crippen molar-refractivity contribution >= 4 is 34.6 Å². The highest BCUT2D eigenvalue weighted by Gasteiger charge is 2.50. The molecule has 3 aliphatic rings. The Morgan fingerprint density at radius 2 is 2.21 bits per heavy atom. The number of hydrogen-bond acceptors (Lipinski definition) is 5. The molecule has 6 nitrogen and oxygen atoms in total. The molecule has 8 heteroatoms. The van der Waals surface area contributed by atoms with Crippen LogP contribution in [0.4, 0.5) is 5.69 Å². The van der Waals surface area contributed by atoms with Crippen molar-refractivity contribution in [1.29, 1.82) is 0 Å². The molecule has 2 atom stereocenters. The predicted octanol–water partition coefficient (Wildman–Crippen LogP) is 3.29. The van der Waals surface area contributed by atoms with Crippen LogP contribution in [0.15, 0.2) is 47.7 Å². The number of rotatable bonds is 3. The zero-order valence-electron chi connectivity index (χ0n) is 15.1. The van der Waals surface area contributed by atoms with E-state index in [-0.39, 0.29) is 6.10 Å². The fourth-order valence-electron chi connectivity index (χ4n) is 3.99. The first-order valence-corrected chi connectivity index (χ1v) is 9.79. The topological polar surface area (TPSA) is 55.9 Å². The lowest BCUT2D eigenvalue weighted by atomic mass is 9.84. The third kappa shape index (κ3) is 2.61. The summed E-state index contributed by atoms with van der Waals surface area (Å²) in [4.78, 5) is 6.74. The quantitative estimate of drug-likeness (QED) is 0.772. The molecule has 2 unspecified atom stereocenters. The Kier molecular flexibility index (Phi) is 4.10. The number of benzene rings is 1. The van der Waals surface area contributed by atoms with Crippen molar-refractivity contribution in [3.8, 4) is 11.6 Å². The van der Waals surface area contributed by atoms with Crippen LogP contribution >= 0.6 is 23.8 Å². The van der Waals surface area contributed by atoms with Crippen molar-refractivity contribution in [3.05, 3.63) is 58.9 Å². The van der Waals surface area contributed by atoms with Gasteiger partial charge in [0.1, 0.15) is 29.7 Å². The number of anilines is 1. The zero-order valence-corrected chi connectivity index (χ0v) is 16.7. The summed E-state index contributed by atoms with van der Waals surface area (Å²) in [7, 11) is 1.60. The number of halogens is 1. The van der Waals surface area contributed by atoms with Crippen LogP contribution in [0.1, 0.15) is 17.7 Å². The van der Waals surface area contributed by atoms with E-state index in [1.165, 1.54) is 0 Å². The summed E-state index contributed by atoms with van der Waals surface area (Å²) in [5.74, 6) is 1.27. The molecule has 2 aromatic rings. The van der Waals surface area contributed by atoms with Crippen LogP contribution < -0.4 is 19.7 Å². The van der Waals surface area contributed by atoms with E-state index in [0.717, 1.165) is 29.1 Å². The van der Waals surface area contributed by atoms with Gasteiger partial charge in [0.05, 0.1) is 13.7 Å². The van der Waals surface area contributed by atoms with Crippen molar-refractivity contribution in [3.63, 3.8) is 0 Å². The summed E-state index contributed by atoms with van der Waals surface area (Å²) in [6, 6.07) is 11.8. The molecule has 0 saturated heterocycles. The van der Waals surface area contributed by atoms with Gasteiger partial charge in [-0.3, -0.25) is 0 Å². The maximum atomic E-state index is 5.98. The number of nitrogens with one attached hydrogen (secondary N) is 1. The molecule has 0 bridgehead atoms. The lowest BCUT2D eigenvalue weighted by Crippen LogP contribution is -2.59. The van der Waals surface area contributed by atoms with Crippen molar-refractivity contribution in [2.45, 2.75) is 18.1 Å². The molecular formula is C20H18ClN3O3S. The van der Waals surface area contributed by atoms with Crippen molar-refractivity contribution in [2.24, 2.45) is 0 Å². The molecule has 144 valence electrons. The van der Waals surface area contributed by atoms with Gasteiger partial charge >= 0.3 is 0 Å². The summed E-state index contributed by atoms with van der Waals surface area (Å²) in [6.07, 6.45) is 2.60. The van der Waals surface area contributed by atoms with Crippen LogP contribution in [0, 0.1) is 0 Å². The summed E-state index contributed by atoms with van der Waals surface area (Å²) in [5, 5.41) is 4.55. The normalized spacial score (nSPS) is 24.8. The van der Waals surface area contributed by atoms with Gasteiger partial charge in [-0.1, -0.05) is 18.2 Å². The Hall–Kier alpha value is -2.51. The number of hydrogen-bond donors (Lipinski definition) is 1. The standard InChI is InChI=1S/C20H18ClN3O3S/c1-25-17-9-7-15-18(22-17)20(11-26-15)13-4-2-3-5-14(13)24(19(28)23-20)10-12-6-8-16(21)27-12/h2-5,7-9,12H,6,10-11H2,1H3,(H,23,28). The third-order valence-electron chi connectivity index (χ3n) is 5.32. The molecule has 3 aliphatic heterocycles. The average molecular weight is 416 g/mol. The van der Waals surface area contributed by atoms with Gasteiger partial charge in [-0.25, -0.2) is 4.98 Å². The molecule has 1 spiro atoms. The van der Waals surface area contributed by atoms with Crippen molar-refractivity contribution in [2.75, 3.05) is 25.2 Å². The van der Waals surface area contributed by atoms with Crippen LogP contribution in [0.3, 0.4) is 0 Å². The first-order valence-electron chi connectivity index (χ1n) is 9.00. The summed E-state index contributed by atoms with van der Waals surface area (Å²) < 4.78 is 17.0. The smallest absolute Gasteiger partial charge is 0.213 e. The van der Waals surface area contributed by atoms with E-state index in [4.69, 9.17) is 38.0 Å². The van der Waals surface area contributed by atoms with Gasteiger partial charge in [0.15, 0.2) is 10.3 Å². The monoisotopic (exact) mass is 415 g/mol. The van der Waals surface area contributed by atoms with Gasteiger partial charge in [0.25, 0.3) is 0 Å². The van der Waals surface area contributed by atoms with Gasteiger partial charge in [-0.2, -0.15) is 0 Å². The summed E-state index contributed by atoms with van der Waals surface area (Å²) in [6.45, 7) is 1.01. The molecule has 0 saturated carbocycles. The van der Waals surface area contributed by atoms with E-state index >= 15 is 0 Å². The van der Waals surface area contributed by atoms with Crippen molar-refractivity contribution in [1.82, 2.24) is 10.3 Å². The van der Waals surface area contributed by atoms with Crippen LogP contribution in [-0.4, -0.2) is 36.5 Å². The second kappa shape index (κ2) is 6.53. The Morgan fingerprint density at radius 1 is 1.36 bits per heavy atom. The van der Waals surface area contributed by atoms with Gasteiger partial charge < -0.3 is 24.4 Å². The number of fused-ring (bicyclic) bond motifs is 4. The Labute approximate surface area is 173 Å². The van der Waals surface area contributed by atoms with Gasteiger partial charge in [0.2, 0.25) is 5.88 Å². The maximum absolute atomic E-state index is 5.98. The molecule has 1 N–H and O–H groups in total. The van der Waals surface area contributed by atoms with E-state index < -0.39 is 5.54 Å². The highest BCUT2D eigenvalue weighted by Crippen LogP contribution is 2.47. The molecule has 0 fully saturated rings. The van der Waals surface area contributed by atoms with E-state index in [1.807, 2.05) is 24.3 Å². The minimum atomic E-state index is -0.652. The lowest BCUT2D eigenvalue weighted by Gasteiger charge is -2.43. The maximum Gasteiger partial charge on any atom is 0.213 e. The molecule has 1 aromatic carbocycles. The second-order valence-electron chi connectivity index (χ2n) is 6.94. The largest absolute Gasteiger partial charge is 0.488 e. The fourth-order valence-corrected chi connectivity index (χ4v) is 4.55. The number of thiocarbonyl (C=S) groups is 1. The molecule has 0 amide bonds. The highest BCUT2D eigenvalue weighted by molar-refractivity contribution is 7.80. The lowest BCUT2D eigenvalue weighted by molar-refractivity contribution is 0.167. The number of pyridine rings is 1. The Bertz CT molecular complexity index is 998. The highest BCUT2D eigenvalue weighted by atomic mass is 35.5. The number of para-hydroxylation sites is 1. The molecule has 1 aromatic heterocycles. The molecule has 5 rings (SSSR count). The number of aromatic nitrogens is 1. The first-order chi connectivity index (χ1) is 13.6. The Morgan fingerprint density at radius 3 is 3.00 bits per heavy atom. The van der Waals surface area contributed by atoms with E-state index in [0.29, 0.717) is 29.4 Å². The molecule has 0 aliphatic carbocycles. The summed E-state index contributed by atoms with van der Waals surface area (Å²) >= 11 is 11.7. The average Bonchev–Trinajstić information content (AvgIpc) is 3.29. The van der Waals surface area contributed by atoms with Gasteiger partial charge in [-0.05, 0) is 42.0 Å². The van der Waals surface area contributed by atoms with Crippen LogP contribution in [0.5, 0.6) is 11.6 Å². The molecule has 0 radical (unpaired) electrons. The number of methoxy groups -OCH3 is 1. The Balaban J connectivity index is 1.58. The minimum Gasteiger partial charge on any atom is -0.488 e. The van der Waals surface area contributed by atoms with Crippen molar-refractivity contribution < 1.29 is 14.2 Å². The van der Waals surface area contributed by atoms with Crippen LogP contribution in [-0.2, 0) is 10.3 Å². The second-order valence-corrected chi connectivity index (χ2v) is 7.70. The zero-order chi connectivity index (χ0) is 19.3. The predicted molar refractivity (Wildman–Crippen MR) is 110 cm³/mol. The summed E-state index contributed by atoms with van der Waals surface area (Å²) in [5.41, 5.74) is 2.20. The SMILES string of the molecule is COc1ccc2c(n1)C1(CO2)NC(=S)N(CC2CC=C(Cl)O2)c2ccccc21. The van der Waals surface area contributed by atoms with Crippen LogP contribution in [0.25, 0.3) is 0 Å². The van der Waals surface area contributed by atoms with Crippen LogP contribution in [0.2, 0.25) is 0 Å². The van der Waals surface area contributed by atoms with E-state index in [2.05, 4.69) is 27.3 Å². The number of ether oxygens (including phenoxy) is 3. The van der Waals surface area contributed by atoms with Gasteiger partial charge in [-0.15, -0.1) is 0 Å². The first kappa shape index (κ1) is 17.6.